The smallest absolute Gasteiger partial charge is 0.136 e. The van der Waals surface area contributed by atoms with Gasteiger partial charge in [0, 0.05) is 28.4 Å². The van der Waals surface area contributed by atoms with Crippen molar-refractivity contribution in [3.8, 4) is 11.3 Å². The maximum atomic E-state index is 6.21. The summed E-state index contributed by atoms with van der Waals surface area (Å²) in [5.74, 6) is 0.682. The molecule has 0 amide bonds. The summed E-state index contributed by atoms with van der Waals surface area (Å²) >= 11 is 12.2. The van der Waals surface area contributed by atoms with Crippen LogP contribution in [0.3, 0.4) is 0 Å². The first kappa shape index (κ1) is 11.8. The van der Waals surface area contributed by atoms with Crippen molar-refractivity contribution in [3.05, 3.63) is 39.8 Å². The molecular formula is C13H11Cl2N3. The highest BCUT2D eigenvalue weighted by Crippen LogP contribution is 2.35. The van der Waals surface area contributed by atoms with E-state index >= 15 is 0 Å². The molecular weight excluding hydrogens is 269 g/mol. The number of nitrogens with zero attached hydrogens (tertiary/aromatic N) is 2. The third-order valence-electron chi connectivity index (χ3n) is 3.00. The largest absolute Gasteiger partial charge is 0.384 e. The molecule has 0 fully saturated rings. The Morgan fingerprint density at radius 1 is 1.22 bits per heavy atom. The molecule has 2 heterocycles. The van der Waals surface area contributed by atoms with Gasteiger partial charge in [0.15, 0.2) is 0 Å². The van der Waals surface area contributed by atoms with Crippen LogP contribution in [0.15, 0.2) is 18.2 Å². The quantitative estimate of drug-likeness (QED) is 0.747. The molecule has 3 rings (SSSR count). The Bertz CT molecular complexity index is 626. The van der Waals surface area contributed by atoms with Crippen molar-refractivity contribution in [1.29, 1.82) is 0 Å². The maximum absolute atomic E-state index is 6.21. The van der Waals surface area contributed by atoms with Gasteiger partial charge in [-0.25, -0.2) is 9.97 Å². The fraction of sp³-hybridized carbons (Fsp3) is 0.231. The van der Waals surface area contributed by atoms with Gasteiger partial charge < -0.3 is 5.32 Å². The molecule has 0 saturated carbocycles. The van der Waals surface area contributed by atoms with Crippen LogP contribution in [-0.2, 0) is 6.42 Å². The van der Waals surface area contributed by atoms with Crippen molar-refractivity contribution >= 4 is 28.9 Å². The SMILES string of the molecule is Cc1nc(Cl)c2c(n1)-c1ccc(Cl)cc1NCC2. The standard InChI is InChI=1S/C13H11Cl2N3/c1-7-17-12-9-3-2-8(14)6-11(9)16-5-4-10(12)13(15)18-7/h2-3,6,16H,4-5H2,1H3. The van der Waals surface area contributed by atoms with E-state index in [4.69, 9.17) is 23.2 Å². The van der Waals surface area contributed by atoms with Gasteiger partial charge in [-0.15, -0.1) is 0 Å². The monoisotopic (exact) mass is 279 g/mol. The van der Waals surface area contributed by atoms with Crippen molar-refractivity contribution < 1.29 is 0 Å². The third kappa shape index (κ3) is 1.93. The van der Waals surface area contributed by atoms with Crippen molar-refractivity contribution in [2.24, 2.45) is 0 Å². The second kappa shape index (κ2) is 4.41. The van der Waals surface area contributed by atoms with Gasteiger partial charge in [-0.05, 0) is 31.5 Å². The number of halogens is 2. The van der Waals surface area contributed by atoms with Gasteiger partial charge in [0.1, 0.15) is 11.0 Å². The van der Waals surface area contributed by atoms with Crippen LogP contribution in [0.25, 0.3) is 11.3 Å². The Morgan fingerprint density at radius 2 is 2.06 bits per heavy atom. The number of benzene rings is 1. The summed E-state index contributed by atoms with van der Waals surface area (Å²) in [5, 5.41) is 4.60. The van der Waals surface area contributed by atoms with Crippen molar-refractivity contribution in [3.63, 3.8) is 0 Å². The molecule has 0 spiro atoms. The van der Waals surface area contributed by atoms with E-state index in [2.05, 4.69) is 15.3 Å². The minimum Gasteiger partial charge on any atom is -0.384 e. The van der Waals surface area contributed by atoms with E-state index in [1.807, 2.05) is 25.1 Å². The Labute approximate surface area is 115 Å². The van der Waals surface area contributed by atoms with E-state index in [1.54, 1.807) is 0 Å². The van der Waals surface area contributed by atoms with Gasteiger partial charge in [-0.1, -0.05) is 23.2 Å². The number of aryl methyl sites for hydroxylation is 1. The zero-order valence-corrected chi connectivity index (χ0v) is 11.3. The Morgan fingerprint density at radius 3 is 2.89 bits per heavy atom. The molecule has 3 nitrogen and oxygen atoms in total. The number of nitrogens with one attached hydrogen (secondary N) is 1. The van der Waals surface area contributed by atoms with Gasteiger partial charge >= 0.3 is 0 Å². The lowest BCUT2D eigenvalue weighted by Crippen LogP contribution is -2.03. The van der Waals surface area contributed by atoms with Crippen LogP contribution in [0.4, 0.5) is 5.69 Å². The highest BCUT2D eigenvalue weighted by molar-refractivity contribution is 6.31. The molecule has 0 atom stereocenters. The number of aromatic nitrogens is 2. The topological polar surface area (TPSA) is 37.8 Å². The van der Waals surface area contributed by atoms with Crippen LogP contribution in [0.2, 0.25) is 10.2 Å². The van der Waals surface area contributed by atoms with E-state index in [0.29, 0.717) is 16.0 Å². The maximum Gasteiger partial charge on any atom is 0.136 e. The van der Waals surface area contributed by atoms with Crippen LogP contribution in [-0.4, -0.2) is 16.5 Å². The van der Waals surface area contributed by atoms with Crippen LogP contribution >= 0.6 is 23.2 Å². The summed E-state index contributed by atoms with van der Waals surface area (Å²) < 4.78 is 0. The molecule has 1 aromatic carbocycles. The number of hydrogen-bond donors (Lipinski definition) is 1. The highest BCUT2D eigenvalue weighted by atomic mass is 35.5. The highest BCUT2D eigenvalue weighted by Gasteiger charge is 2.19. The minimum absolute atomic E-state index is 0.544. The van der Waals surface area contributed by atoms with Gasteiger partial charge in [0.05, 0.1) is 5.69 Å². The first-order chi connectivity index (χ1) is 8.65. The molecule has 0 bridgehead atoms. The zero-order chi connectivity index (χ0) is 12.7. The first-order valence-corrected chi connectivity index (χ1v) is 6.47. The average Bonchev–Trinajstić information content (AvgIpc) is 2.48. The number of anilines is 1. The van der Waals surface area contributed by atoms with Crippen LogP contribution < -0.4 is 5.32 Å². The predicted octanol–water partition coefficient (Wildman–Crippen LogP) is 3.73. The van der Waals surface area contributed by atoms with Crippen LogP contribution in [0, 0.1) is 6.92 Å². The summed E-state index contributed by atoms with van der Waals surface area (Å²) in [6.07, 6.45) is 0.806. The van der Waals surface area contributed by atoms with Gasteiger partial charge in [-0.3, -0.25) is 0 Å². The summed E-state index contributed by atoms with van der Waals surface area (Å²) in [4.78, 5) is 8.75. The number of hydrogen-bond acceptors (Lipinski definition) is 3. The zero-order valence-electron chi connectivity index (χ0n) is 9.80. The fourth-order valence-corrected chi connectivity index (χ4v) is 2.68. The van der Waals surface area contributed by atoms with E-state index in [0.717, 1.165) is 35.5 Å². The molecule has 92 valence electrons. The number of rotatable bonds is 0. The minimum atomic E-state index is 0.544. The molecule has 1 aliphatic heterocycles. The fourth-order valence-electron chi connectivity index (χ4n) is 2.20. The van der Waals surface area contributed by atoms with E-state index in [1.165, 1.54) is 0 Å². The molecule has 18 heavy (non-hydrogen) atoms. The van der Waals surface area contributed by atoms with Crippen LogP contribution in [0.1, 0.15) is 11.4 Å². The van der Waals surface area contributed by atoms with Crippen LogP contribution in [0.5, 0.6) is 0 Å². The van der Waals surface area contributed by atoms with Crippen molar-refractivity contribution in [2.75, 3.05) is 11.9 Å². The average molecular weight is 280 g/mol. The second-order valence-corrected chi connectivity index (χ2v) is 5.05. The van der Waals surface area contributed by atoms with E-state index in [9.17, 15) is 0 Å². The van der Waals surface area contributed by atoms with Gasteiger partial charge in [0.2, 0.25) is 0 Å². The van der Waals surface area contributed by atoms with Gasteiger partial charge in [-0.2, -0.15) is 0 Å². The summed E-state index contributed by atoms with van der Waals surface area (Å²) in [6.45, 7) is 2.65. The number of fused-ring (bicyclic) bond motifs is 3. The molecule has 2 aromatic rings. The molecule has 0 unspecified atom stereocenters. The molecule has 0 aliphatic carbocycles. The van der Waals surface area contributed by atoms with Gasteiger partial charge in [0.25, 0.3) is 0 Å². The molecule has 1 N–H and O–H groups in total. The third-order valence-corrected chi connectivity index (χ3v) is 3.54. The summed E-state index contributed by atoms with van der Waals surface area (Å²) in [6, 6.07) is 5.75. The normalized spacial score (nSPS) is 13.3. The summed E-state index contributed by atoms with van der Waals surface area (Å²) in [7, 11) is 0. The lowest BCUT2D eigenvalue weighted by Gasteiger charge is -2.10. The van der Waals surface area contributed by atoms with E-state index in [-0.39, 0.29) is 0 Å². The Hall–Kier alpha value is -1.32. The second-order valence-electron chi connectivity index (χ2n) is 4.26. The molecule has 1 aliphatic rings. The summed E-state index contributed by atoms with van der Waals surface area (Å²) in [5.41, 5.74) is 3.93. The predicted molar refractivity (Wildman–Crippen MR) is 74.4 cm³/mol. The molecule has 0 saturated heterocycles. The molecule has 1 aromatic heterocycles. The van der Waals surface area contributed by atoms with E-state index < -0.39 is 0 Å². The van der Waals surface area contributed by atoms with Crippen molar-refractivity contribution in [1.82, 2.24) is 9.97 Å². The molecule has 5 heteroatoms. The first-order valence-electron chi connectivity index (χ1n) is 5.72. The molecule has 0 radical (unpaired) electrons. The van der Waals surface area contributed by atoms with Crippen molar-refractivity contribution in [2.45, 2.75) is 13.3 Å². The Kier molecular flexibility index (Phi) is 2.88. The Balaban J connectivity index is 2.30. The lowest BCUT2D eigenvalue weighted by molar-refractivity contribution is 0.972. The lowest BCUT2D eigenvalue weighted by atomic mass is 10.1.